The minimum Gasteiger partial charge on any atom is -0.388 e. The highest BCUT2D eigenvalue weighted by Crippen LogP contribution is 2.28. The van der Waals surface area contributed by atoms with Crippen LogP contribution in [0.4, 0.5) is 4.39 Å². The lowest BCUT2D eigenvalue weighted by Crippen LogP contribution is -2.03. The van der Waals surface area contributed by atoms with Crippen molar-refractivity contribution >= 4 is 34.5 Å². The number of rotatable bonds is 3. The van der Waals surface area contributed by atoms with Gasteiger partial charge in [0.05, 0.1) is 10.4 Å². The fraction of sp³-hybridized carbons (Fsp3) is 0.167. The number of aliphatic hydroxyl groups excluding tert-OH is 1. The molecule has 90 valence electrons. The molecule has 1 heterocycles. The number of hydrogen-bond acceptors (Lipinski definition) is 2. The zero-order valence-electron chi connectivity index (χ0n) is 8.66. The maximum absolute atomic E-state index is 13.5. The summed E-state index contributed by atoms with van der Waals surface area (Å²) in [5, 5.41) is 10.4. The molecule has 17 heavy (non-hydrogen) atoms. The molecule has 0 fully saturated rings. The average molecular weight is 291 g/mol. The van der Waals surface area contributed by atoms with Crippen molar-refractivity contribution in [1.29, 1.82) is 0 Å². The van der Waals surface area contributed by atoms with E-state index in [0.717, 1.165) is 4.88 Å². The molecule has 0 aliphatic rings. The molecule has 1 N–H and O–H groups in total. The third kappa shape index (κ3) is 3.19. The summed E-state index contributed by atoms with van der Waals surface area (Å²) in [4.78, 5) is 0.905. The van der Waals surface area contributed by atoms with Gasteiger partial charge in [0.15, 0.2) is 0 Å². The minimum absolute atomic E-state index is 0.210. The summed E-state index contributed by atoms with van der Waals surface area (Å²) < 4.78 is 14.1. The Hall–Kier alpha value is -0.610. The van der Waals surface area contributed by atoms with Crippen molar-refractivity contribution in [2.75, 3.05) is 0 Å². The molecule has 0 aliphatic carbocycles. The molecule has 2 aromatic rings. The van der Waals surface area contributed by atoms with E-state index in [0.29, 0.717) is 15.8 Å². The van der Waals surface area contributed by atoms with Crippen LogP contribution in [-0.2, 0) is 6.42 Å². The van der Waals surface area contributed by atoms with Crippen LogP contribution in [0.2, 0.25) is 9.36 Å². The van der Waals surface area contributed by atoms with Gasteiger partial charge in [-0.15, -0.1) is 11.3 Å². The average Bonchev–Trinajstić information content (AvgIpc) is 2.67. The first kappa shape index (κ1) is 12.8. The van der Waals surface area contributed by atoms with E-state index in [1.54, 1.807) is 6.07 Å². The molecule has 1 aromatic heterocycles. The highest BCUT2D eigenvalue weighted by Gasteiger charge is 2.15. The summed E-state index contributed by atoms with van der Waals surface area (Å²) in [5.74, 6) is -0.454. The first-order valence-corrected chi connectivity index (χ1v) is 6.51. The summed E-state index contributed by atoms with van der Waals surface area (Å²) >= 11 is 12.9. The van der Waals surface area contributed by atoms with E-state index in [-0.39, 0.29) is 5.56 Å². The smallest absolute Gasteiger partial charge is 0.129 e. The Balaban J connectivity index is 2.19. The molecule has 0 amide bonds. The van der Waals surface area contributed by atoms with Gasteiger partial charge in [-0.3, -0.25) is 0 Å². The van der Waals surface area contributed by atoms with Crippen LogP contribution < -0.4 is 0 Å². The van der Waals surface area contributed by atoms with Crippen molar-refractivity contribution in [3.05, 3.63) is 55.9 Å². The first-order chi connectivity index (χ1) is 8.06. The fourth-order valence-electron chi connectivity index (χ4n) is 1.53. The van der Waals surface area contributed by atoms with Crippen molar-refractivity contribution in [3.63, 3.8) is 0 Å². The van der Waals surface area contributed by atoms with Crippen LogP contribution in [0.3, 0.4) is 0 Å². The lowest BCUT2D eigenvalue weighted by Gasteiger charge is -2.11. The van der Waals surface area contributed by atoms with Crippen LogP contribution in [0.25, 0.3) is 0 Å². The molecule has 1 atom stereocenters. The normalized spacial score (nSPS) is 12.7. The zero-order chi connectivity index (χ0) is 12.4. The SMILES string of the molecule is OC(Cc1ccc(Cl)s1)c1cc(Cl)ccc1F. The van der Waals surface area contributed by atoms with Gasteiger partial charge < -0.3 is 5.11 Å². The van der Waals surface area contributed by atoms with Gasteiger partial charge in [0.2, 0.25) is 0 Å². The minimum atomic E-state index is -0.914. The number of thiophene rings is 1. The predicted octanol–water partition coefficient (Wildman–Crippen LogP) is 4.47. The van der Waals surface area contributed by atoms with Crippen LogP contribution in [0.15, 0.2) is 30.3 Å². The molecular weight excluding hydrogens is 282 g/mol. The third-order valence-corrected chi connectivity index (χ3v) is 3.83. The van der Waals surface area contributed by atoms with Gasteiger partial charge in [0, 0.05) is 21.9 Å². The monoisotopic (exact) mass is 290 g/mol. The molecule has 0 bridgehead atoms. The summed E-state index contributed by atoms with van der Waals surface area (Å²) in [6.45, 7) is 0. The number of aliphatic hydroxyl groups is 1. The number of benzene rings is 1. The van der Waals surface area contributed by atoms with Gasteiger partial charge in [-0.25, -0.2) is 4.39 Å². The number of hydrogen-bond donors (Lipinski definition) is 1. The zero-order valence-corrected chi connectivity index (χ0v) is 11.0. The first-order valence-electron chi connectivity index (χ1n) is 4.93. The summed E-state index contributed by atoms with van der Waals surface area (Å²) in [5.41, 5.74) is 0.210. The summed E-state index contributed by atoms with van der Waals surface area (Å²) in [6, 6.07) is 7.72. The molecule has 2 rings (SSSR count). The van der Waals surface area contributed by atoms with E-state index >= 15 is 0 Å². The van der Waals surface area contributed by atoms with Gasteiger partial charge in [0.25, 0.3) is 0 Å². The van der Waals surface area contributed by atoms with Crippen molar-refractivity contribution in [2.24, 2.45) is 0 Å². The molecule has 0 spiro atoms. The molecule has 1 aromatic carbocycles. The van der Waals surface area contributed by atoms with Crippen LogP contribution in [0, 0.1) is 5.82 Å². The van der Waals surface area contributed by atoms with E-state index < -0.39 is 11.9 Å². The fourth-order valence-corrected chi connectivity index (χ4v) is 2.84. The van der Waals surface area contributed by atoms with E-state index in [1.165, 1.54) is 29.5 Å². The quantitative estimate of drug-likeness (QED) is 0.884. The summed E-state index contributed by atoms with van der Waals surface area (Å²) in [6.07, 6.45) is -0.585. The Morgan fingerprint density at radius 2 is 2.00 bits per heavy atom. The van der Waals surface area contributed by atoms with Crippen LogP contribution in [-0.4, -0.2) is 5.11 Å². The molecule has 0 radical (unpaired) electrons. The van der Waals surface area contributed by atoms with Gasteiger partial charge in [-0.05, 0) is 30.3 Å². The number of halogens is 3. The Kier molecular flexibility index (Phi) is 4.05. The Morgan fingerprint density at radius 3 is 2.65 bits per heavy atom. The van der Waals surface area contributed by atoms with E-state index in [1.807, 2.05) is 6.07 Å². The lowest BCUT2D eigenvalue weighted by atomic mass is 10.1. The highest BCUT2D eigenvalue weighted by molar-refractivity contribution is 7.16. The Labute approximate surface area is 112 Å². The van der Waals surface area contributed by atoms with Gasteiger partial charge in [-0.1, -0.05) is 23.2 Å². The predicted molar refractivity (Wildman–Crippen MR) is 69.4 cm³/mol. The van der Waals surface area contributed by atoms with Crippen LogP contribution >= 0.6 is 34.5 Å². The molecule has 1 nitrogen and oxygen atoms in total. The molecule has 0 aliphatic heterocycles. The van der Waals surface area contributed by atoms with Gasteiger partial charge in [-0.2, -0.15) is 0 Å². The molecule has 0 saturated carbocycles. The maximum Gasteiger partial charge on any atom is 0.129 e. The standard InChI is InChI=1S/C12H9Cl2FOS/c13-7-1-3-10(15)9(5-7)11(16)6-8-2-4-12(14)17-8/h1-5,11,16H,6H2. The Morgan fingerprint density at radius 1 is 1.24 bits per heavy atom. The molecular formula is C12H9Cl2FOS. The topological polar surface area (TPSA) is 20.2 Å². The third-order valence-electron chi connectivity index (χ3n) is 2.34. The second-order valence-electron chi connectivity index (χ2n) is 3.59. The van der Waals surface area contributed by atoms with E-state index in [2.05, 4.69) is 0 Å². The van der Waals surface area contributed by atoms with Crippen LogP contribution in [0.1, 0.15) is 16.5 Å². The molecule has 5 heteroatoms. The largest absolute Gasteiger partial charge is 0.388 e. The van der Waals surface area contributed by atoms with Crippen molar-refractivity contribution in [3.8, 4) is 0 Å². The lowest BCUT2D eigenvalue weighted by molar-refractivity contribution is 0.174. The van der Waals surface area contributed by atoms with E-state index in [9.17, 15) is 9.50 Å². The van der Waals surface area contributed by atoms with Crippen LogP contribution in [0.5, 0.6) is 0 Å². The highest BCUT2D eigenvalue weighted by atomic mass is 35.5. The second kappa shape index (κ2) is 5.36. The summed E-state index contributed by atoms with van der Waals surface area (Å²) in [7, 11) is 0. The molecule has 0 saturated heterocycles. The van der Waals surface area contributed by atoms with E-state index in [4.69, 9.17) is 23.2 Å². The Bertz CT molecular complexity index is 527. The van der Waals surface area contributed by atoms with Crippen molar-refractivity contribution < 1.29 is 9.50 Å². The van der Waals surface area contributed by atoms with Gasteiger partial charge in [0.1, 0.15) is 5.82 Å². The second-order valence-corrected chi connectivity index (χ2v) is 5.83. The van der Waals surface area contributed by atoms with Crippen molar-refractivity contribution in [1.82, 2.24) is 0 Å². The van der Waals surface area contributed by atoms with Gasteiger partial charge >= 0.3 is 0 Å². The molecule has 1 unspecified atom stereocenters. The van der Waals surface area contributed by atoms with Crippen molar-refractivity contribution in [2.45, 2.75) is 12.5 Å². The maximum atomic E-state index is 13.5.